The molecule has 7 unspecified atom stereocenters. The molecular weight excluding hydrogens is 665 g/mol. The second kappa shape index (κ2) is 13.6. The number of rotatable bonds is 11. The Labute approximate surface area is 251 Å². The predicted molar refractivity (Wildman–Crippen MR) is 146 cm³/mol. The van der Waals surface area contributed by atoms with Crippen molar-refractivity contribution in [2.75, 3.05) is 18.9 Å². The van der Waals surface area contributed by atoms with Crippen LogP contribution < -0.4 is 11.1 Å². The lowest BCUT2D eigenvalue weighted by atomic mass is 9.96. The number of nitrogens with two attached hydrogens (primary N) is 1. The lowest BCUT2D eigenvalue weighted by Gasteiger charge is -2.41. The highest BCUT2D eigenvalue weighted by Crippen LogP contribution is 2.62. The molecule has 2 aromatic heterocycles. The number of fused-ring (bicyclic) bond motifs is 1. The van der Waals surface area contributed by atoms with E-state index in [0.29, 0.717) is 15.8 Å². The maximum atomic E-state index is 14.0. The van der Waals surface area contributed by atoms with Crippen molar-refractivity contribution in [3.8, 4) is 0 Å². The molecule has 242 valence electrons. The zero-order valence-electron chi connectivity index (χ0n) is 21.9. The molecule has 1 amide bonds. The first-order chi connectivity index (χ1) is 20.0. The summed E-state index contributed by atoms with van der Waals surface area (Å²) in [5, 5.41) is 54.0. The maximum absolute atomic E-state index is 14.0. The van der Waals surface area contributed by atoms with Crippen molar-refractivity contribution in [2.24, 2.45) is 0 Å². The van der Waals surface area contributed by atoms with E-state index < -0.39 is 94.9 Å². The molecular formula is C20H29FN4O14P2S2. The fraction of sp³-hybridized carbons (Fsp3) is 0.650. The molecule has 2 saturated heterocycles. The third-order valence-electron chi connectivity index (χ3n) is 6.46. The van der Waals surface area contributed by atoms with Gasteiger partial charge in [0.2, 0.25) is 5.91 Å². The SMILES string of the molecule is CC(=O)N[C@@H]1[C@H](O)[C@@H](COP(O)(=S)OP(=O)(O)OC2OC([C@@H](F)CO)C(O)C(O)C2O)O[C@H]1c1csc2c(N)ncnc12. The minimum absolute atomic E-state index is 0.204. The standard InChI is InChI=1S/C20H29FN4O14P2S2/c1-6(27)25-11-12(28)9(36-16(11)7-4-43-18-10(7)23-5-24-19(18)22)3-35-41(34,42)39-40(32,33)38-20-15(31)13(29)14(30)17(37-20)8(21)2-26/h4-5,8-9,11-17,20,26,28-31H,2-3H2,1H3,(H,25,27)(H,32,33)(H,34,42)(H2,22,23,24)/t8-,9+,11+,12+,13?,14?,15?,16-,17?,20?,41?/m0/s1. The smallest absolute Gasteiger partial charge is 0.393 e. The summed E-state index contributed by atoms with van der Waals surface area (Å²) in [6.07, 6.45) is -15.4. The van der Waals surface area contributed by atoms with Crippen molar-refractivity contribution in [3.05, 3.63) is 17.3 Å². The molecule has 4 heterocycles. The number of carbonyl (C=O) groups is 1. The number of ether oxygens (including phenoxy) is 2. The van der Waals surface area contributed by atoms with Crippen LogP contribution in [0.15, 0.2) is 11.7 Å². The largest absolute Gasteiger partial charge is 0.481 e. The lowest BCUT2D eigenvalue weighted by Crippen LogP contribution is -2.60. The number of thiophene rings is 1. The van der Waals surface area contributed by atoms with Crippen LogP contribution in [-0.2, 0) is 44.0 Å². The number of phosphoric ester groups is 1. The van der Waals surface area contributed by atoms with E-state index in [4.69, 9.17) is 36.6 Å². The molecule has 2 aliphatic rings. The van der Waals surface area contributed by atoms with Gasteiger partial charge >= 0.3 is 14.5 Å². The van der Waals surface area contributed by atoms with Gasteiger partial charge in [-0.05, 0) is 17.2 Å². The first-order valence-electron chi connectivity index (χ1n) is 12.3. The average Bonchev–Trinajstić information content (AvgIpc) is 3.48. The summed E-state index contributed by atoms with van der Waals surface area (Å²) >= 11 is 5.96. The molecule has 12 atom stereocenters. The van der Waals surface area contributed by atoms with Gasteiger partial charge in [-0.1, -0.05) is 0 Å². The van der Waals surface area contributed by atoms with Gasteiger partial charge in [0.15, 0.2) is 12.5 Å². The molecule has 0 spiro atoms. The van der Waals surface area contributed by atoms with Crippen molar-refractivity contribution in [3.63, 3.8) is 0 Å². The Balaban J connectivity index is 1.44. The summed E-state index contributed by atoms with van der Waals surface area (Å²) < 4.78 is 52.1. The summed E-state index contributed by atoms with van der Waals surface area (Å²) in [5.41, 5.74) is 6.76. The van der Waals surface area contributed by atoms with Crippen LogP contribution in [0.25, 0.3) is 10.2 Å². The second-order valence-corrected chi connectivity index (χ2v) is 14.8. The van der Waals surface area contributed by atoms with E-state index in [1.54, 1.807) is 5.38 Å². The Hall–Kier alpha value is -1.36. The maximum Gasteiger partial charge on any atom is 0.481 e. The molecule has 0 aromatic carbocycles. The van der Waals surface area contributed by atoms with E-state index in [1.165, 1.54) is 24.6 Å². The number of anilines is 1. The van der Waals surface area contributed by atoms with Crippen LogP contribution in [0.3, 0.4) is 0 Å². The summed E-state index contributed by atoms with van der Waals surface area (Å²) in [7, 11) is -5.50. The number of hydrogen-bond acceptors (Lipinski definition) is 17. The normalized spacial score (nSPS) is 34.9. The van der Waals surface area contributed by atoms with E-state index in [-0.39, 0.29) is 5.82 Å². The molecule has 2 fully saturated rings. The molecule has 43 heavy (non-hydrogen) atoms. The van der Waals surface area contributed by atoms with Gasteiger partial charge in [0.05, 0.1) is 29.5 Å². The second-order valence-electron chi connectivity index (χ2n) is 9.50. The zero-order chi connectivity index (χ0) is 31.9. The summed E-state index contributed by atoms with van der Waals surface area (Å²) in [6.45, 7) is -5.38. The van der Waals surface area contributed by atoms with E-state index in [1.807, 2.05) is 0 Å². The Morgan fingerprint density at radius 1 is 1.21 bits per heavy atom. The molecule has 4 rings (SSSR count). The minimum Gasteiger partial charge on any atom is -0.393 e. The van der Waals surface area contributed by atoms with Crippen molar-refractivity contribution >= 4 is 59.6 Å². The van der Waals surface area contributed by atoms with E-state index >= 15 is 0 Å². The van der Waals surface area contributed by atoms with Crippen molar-refractivity contribution in [1.29, 1.82) is 0 Å². The van der Waals surface area contributed by atoms with Crippen LogP contribution >= 0.6 is 25.9 Å². The zero-order valence-corrected chi connectivity index (χ0v) is 25.3. The predicted octanol–water partition coefficient (Wildman–Crippen LogP) is -1.92. The Morgan fingerprint density at radius 3 is 2.56 bits per heavy atom. The van der Waals surface area contributed by atoms with Gasteiger partial charge < -0.3 is 60.4 Å². The first-order valence-corrected chi connectivity index (χ1v) is 17.2. The highest BCUT2D eigenvalue weighted by Gasteiger charge is 2.51. The molecule has 10 N–H and O–H groups in total. The Kier molecular flexibility index (Phi) is 10.9. The fourth-order valence-corrected chi connectivity index (χ4v) is 8.53. The number of alkyl halides is 1. The van der Waals surface area contributed by atoms with Gasteiger partial charge in [0.1, 0.15) is 54.9 Å². The summed E-state index contributed by atoms with van der Waals surface area (Å²) in [5.74, 6) is -0.304. The average molecular weight is 695 g/mol. The van der Waals surface area contributed by atoms with Crippen molar-refractivity contribution < 1.29 is 71.9 Å². The van der Waals surface area contributed by atoms with Crippen LogP contribution in [-0.4, -0.2) is 120 Å². The molecule has 2 aliphatic heterocycles. The van der Waals surface area contributed by atoms with Crippen molar-refractivity contribution in [2.45, 2.75) is 68.2 Å². The topological polar surface area (TPSA) is 286 Å². The van der Waals surface area contributed by atoms with Crippen LogP contribution in [0.4, 0.5) is 10.2 Å². The molecule has 0 bridgehead atoms. The van der Waals surface area contributed by atoms with Gasteiger partial charge in [-0.25, -0.2) is 23.2 Å². The fourth-order valence-electron chi connectivity index (χ4n) is 4.49. The van der Waals surface area contributed by atoms with Gasteiger partial charge in [0.25, 0.3) is 0 Å². The Bertz CT molecular complexity index is 1410. The molecule has 2 aromatic rings. The number of halogens is 1. The van der Waals surface area contributed by atoms with E-state index in [9.17, 15) is 44.0 Å². The van der Waals surface area contributed by atoms with Crippen LogP contribution in [0, 0.1) is 0 Å². The van der Waals surface area contributed by atoms with Crippen molar-refractivity contribution in [1.82, 2.24) is 15.3 Å². The highest BCUT2D eigenvalue weighted by atomic mass is 32.5. The summed E-state index contributed by atoms with van der Waals surface area (Å²) in [6, 6.07) is -1.04. The highest BCUT2D eigenvalue weighted by molar-refractivity contribution is 8.08. The lowest BCUT2D eigenvalue weighted by molar-refractivity contribution is -0.287. The summed E-state index contributed by atoms with van der Waals surface area (Å²) in [4.78, 5) is 40.6. The van der Waals surface area contributed by atoms with Gasteiger partial charge in [0, 0.05) is 12.5 Å². The van der Waals surface area contributed by atoms with Crippen LogP contribution in [0.2, 0.25) is 0 Å². The van der Waals surface area contributed by atoms with E-state index in [0.717, 1.165) is 0 Å². The number of nitrogen functional groups attached to an aromatic ring is 1. The molecule has 18 nitrogen and oxygen atoms in total. The number of nitrogens with one attached hydrogen (secondary N) is 1. The quantitative estimate of drug-likeness (QED) is 0.116. The number of aliphatic hydroxyl groups excluding tert-OH is 5. The molecule has 23 heteroatoms. The molecule has 0 radical (unpaired) electrons. The monoisotopic (exact) mass is 694 g/mol. The third kappa shape index (κ3) is 7.72. The number of aliphatic hydroxyl groups is 5. The Morgan fingerprint density at radius 2 is 1.91 bits per heavy atom. The minimum atomic E-state index is -5.50. The third-order valence-corrected chi connectivity index (χ3v) is 11.0. The molecule has 0 aliphatic carbocycles. The van der Waals surface area contributed by atoms with E-state index in [2.05, 4.69) is 24.1 Å². The first kappa shape index (κ1) is 34.5. The number of amides is 1. The van der Waals surface area contributed by atoms with Crippen LogP contribution in [0.1, 0.15) is 18.6 Å². The van der Waals surface area contributed by atoms with Gasteiger partial charge in [-0.15, -0.1) is 11.3 Å². The van der Waals surface area contributed by atoms with Crippen LogP contribution in [0.5, 0.6) is 0 Å². The van der Waals surface area contributed by atoms with Gasteiger partial charge in [-0.2, -0.15) is 0 Å². The molecule has 0 saturated carbocycles. The number of hydrogen-bond donors (Lipinski definition) is 9. The number of aromatic nitrogens is 2. The number of phosphoric acid groups is 1. The van der Waals surface area contributed by atoms with Gasteiger partial charge in [-0.3, -0.25) is 9.32 Å². The number of nitrogens with zero attached hydrogens (tertiary/aromatic N) is 2. The number of carbonyl (C=O) groups excluding carboxylic acids is 1.